The third-order valence-corrected chi connectivity index (χ3v) is 1.61. The van der Waals surface area contributed by atoms with Gasteiger partial charge in [0, 0.05) is 5.03 Å². The lowest BCUT2D eigenvalue weighted by Crippen LogP contribution is -1.69. The van der Waals surface area contributed by atoms with Crippen LogP contribution in [0.15, 0.2) is 35.4 Å². The van der Waals surface area contributed by atoms with E-state index in [2.05, 4.69) is 20.4 Å². The van der Waals surface area contributed by atoms with Gasteiger partial charge < -0.3 is 0 Å². The molecule has 0 N–H and O–H groups in total. The number of rotatable bonds is 4. The van der Waals surface area contributed by atoms with Crippen molar-refractivity contribution in [1.29, 1.82) is 0 Å². The minimum Gasteiger partial charge on any atom is -0.0958 e. The van der Waals surface area contributed by atoms with Crippen molar-refractivity contribution in [2.24, 2.45) is 0 Å². The van der Waals surface area contributed by atoms with Crippen LogP contribution in [0.3, 0.4) is 0 Å². The molecule has 0 saturated heterocycles. The van der Waals surface area contributed by atoms with Crippen LogP contribution in [0.1, 0.15) is 26.7 Å². The van der Waals surface area contributed by atoms with Crippen LogP contribution >= 0.6 is 11.6 Å². The smallest absolute Gasteiger partial charge is 0.0366 e. The monoisotopic (exact) mass is 170 g/mol. The summed E-state index contributed by atoms with van der Waals surface area (Å²) in [6.07, 6.45) is 7.76. The molecule has 0 aromatic rings. The third-order valence-electron chi connectivity index (χ3n) is 1.33. The van der Waals surface area contributed by atoms with Gasteiger partial charge in [0.05, 0.1) is 0 Å². The molecular weight excluding hydrogens is 156 g/mol. The molecule has 0 rings (SSSR count). The second-order valence-electron chi connectivity index (χ2n) is 2.34. The van der Waals surface area contributed by atoms with Crippen molar-refractivity contribution < 1.29 is 0 Å². The summed E-state index contributed by atoms with van der Waals surface area (Å²) in [5.74, 6) is 0. The maximum Gasteiger partial charge on any atom is 0.0366 e. The quantitative estimate of drug-likeness (QED) is 0.559. The number of hydrogen-bond donors (Lipinski definition) is 0. The molecule has 0 atom stereocenters. The molecule has 0 bridgehead atoms. The molecule has 0 unspecified atom stereocenters. The van der Waals surface area contributed by atoms with E-state index in [1.807, 2.05) is 18.2 Å². The van der Waals surface area contributed by atoms with E-state index >= 15 is 0 Å². The van der Waals surface area contributed by atoms with E-state index in [0.717, 1.165) is 23.4 Å². The summed E-state index contributed by atoms with van der Waals surface area (Å²) in [5, 5.41) is 0.794. The predicted octanol–water partition coefficient (Wildman–Crippen LogP) is 4.04. The lowest BCUT2D eigenvalue weighted by Gasteiger charge is -1.90. The standard InChI is InChI=1S/C10H15Cl/c1-4-6-10(11)8-7-9(3)5-2/h6-8H,3-5H2,1-2H3. The van der Waals surface area contributed by atoms with E-state index in [9.17, 15) is 0 Å². The van der Waals surface area contributed by atoms with Crippen molar-refractivity contribution >= 4 is 11.6 Å². The Morgan fingerprint density at radius 3 is 2.45 bits per heavy atom. The Bertz CT molecular complexity index is 175. The zero-order valence-electron chi connectivity index (χ0n) is 7.23. The molecule has 0 spiro atoms. The van der Waals surface area contributed by atoms with Crippen LogP contribution in [-0.4, -0.2) is 0 Å². The summed E-state index contributed by atoms with van der Waals surface area (Å²) >= 11 is 5.82. The van der Waals surface area contributed by atoms with E-state index in [1.165, 1.54) is 0 Å². The topological polar surface area (TPSA) is 0 Å². The molecule has 0 radical (unpaired) electrons. The highest BCUT2D eigenvalue weighted by Gasteiger charge is 1.84. The second-order valence-corrected chi connectivity index (χ2v) is 2.78. The van der Waals surface area contributed by atoms with Crippen LogP contribution in [0.25, 0.3) is 0 Å². The van der Waals surface area contributed by atoms with Gasteiger partial charge in [-0.1, -0.05) is 49.8 Å². The van der Waals surface area contributed by atoms with Crippen LogP contribution in [0.2, 0.25) is 0 Å². The van der Waals surface area contributed by atoms with Crippen LogP contribution in [-0.2, 0) is 0 Å². The molecule has 0 heterocycles. The van der Waals surface area contributed by atoms with Crippen LogP contribution in [0.5, 0.6) is 0 Å². The molecule has 11 heavy (non-hydrogen) atoms. The Morgan fingerprint density at radius 1 is 1.36 bits per heavy atom. The Hall–Kier alpha value is -0.490. The van der Waals surface area contributed by atoms with Crippen molar-refractivity contribution in [3.05, 3.63) is 35.4 Å². The van der Waals surface area contributed by atoms with Gasteiger partial charge in [0.2, 0.25) is 0 Å². The third kappa shape index (κ3) is 5.93. The largest absolute Gasteiger partial charge is 0.0958 e. The Morgan fingerprint density at radius 2 is 2.00 bits per heavy atom. The van der Waals surface area contributed by atoms with E-state index in [-0.39, 0.29) is 0 Å². The SMILES string of the molecule is C=C(C=CC(Cl)=CCC)CC. The summed E-state index contributed by atoms with van der Waals surface area (Å²) < 4.78 is 0. The lowest BCUT2D eigenvalue weighted by atomic mass is 10.2. The van der Waals surface area contributed by atoms with E-state index in [0.29, 0.717) is 0 Å². The predicted molar refractivity (Wildman–Crippen MR) is 52.8 cm³/mol. The summed E-state index contributed by atoms with van der Waals surface area (Å²) in [6, 6.07) is 0. The van der Waals surface area contributed by atoms with E-state index < -0.39 is 0 Å². The molecule has 1 heteroatoms. The molecule has 0 aromatic carbocycles. The molecule has 0 amide bonds. The van der Waals surface area contributed by atoms with Crippen molar-refractivity contribution in [2.75, 3.05) is 0 Å². The Balaban J connectivity index is 3.92. The fourth-order valence-electron chi connectivity index (χ4n) is 0.578. The number of allylic oxidation sites excluding steroid dienone is 5. The highest BCUT2D eigenvalue weighted by atomic mass is 35.5. The molecule has 0 fully saturated rings. The van der Waals surface area contributed by atoms with Gasteiger partial charge in [0.1, 0.15) is 0 Å². The maximum absolute atomic E-state index is 5.82. The molecule has 0 aromatic heterocycles. The van der Waals surface area contributed by atoms with Crippen molar-refractivity contribution in [3.63, 3.8) is 0 Å². The minimum absolute atomic E-state index is 0.794. The maximum atomic E-state index is 5.82. The summed E-state index contributed by atoms with van der Waals surface area (Å²) in [5.41, 5.74) is 1.10. The first-order chi connectivity index (χ1) is 5.20. The first-order valence-electron chi connectivity index (χ1n) is 3.92. The Kier molecular flexibility index (Phi) is 5.96. The normalized spacial score (nSPS) is 12.5. The van der Waals surface area contributed by atoms with Gasteiger partial charge in [0.15, 0.2) is 0 Å². The fourth-order valence-corrected chi connectivity index (χ4v) is 0.796. The van der Waals surface area contributed by atoms with Gasteiger partial charge in [-0.2, -0.15) is 0 Å². The molecule has 0 aliphatic carbocycles. The van der Waals surface area contributed by atoms with Gasteiger partial charge in [-0.3, -0.25) is 0 Å². The summed E-state index contributed by atoms with van der Waals surface area (Å²) in [4.78, 5) is 0. The first kappa shape index (κ1) is 10.5. The van der Waals surface area contributed by atoms with Crippen LogP contribution < -0.4 is 0 Å². The van der Waals surface area contributed by atoms with Gasteiger partial charge in [-0.05, 0) is 18.9 Å². The van der Waals surface area contributed by atoms with Crippen LogP contribution in [0, 0.1) is 0 Å². The van der Waals surface area contributed by atoms with Crippen molar-refractivity contribution in [2.45, 2.75) is 26.7 Å². The summed E-state index contributed by atoms with van der Waals surface area (Å²) in [6.45, 7) is 7.97. The first-order valence-corrected chi connectivity index (χ1v) is 4.30. The second kappa shape index (κ2) is 6.23. The van der Waals surface area contributed by atoms with Crippen LogP contribution in [0.4, 0.5) is 0 Å². The van der Waals surface area contributed by atoms with Crippen molar-refractivity contribution in [3.8, 4) is 0 Å². The van der Waals surface area contributed by atoms with E-state index in [4.69, 9.17) is 11.6 Å². The fraction of sp³-hybridized carbons (Fsp3) is 0.400. The average molecular weight is 171 g/mol. The van der Waals surface area contributed by atoms with Gasteiger partial charge >= 0.3 is 0 Å². The molecule has 0 aliphatic rings. The minimum atomic E-state index is 0.794. The lowest BCUT2D eigenvalue weighted by molar-refractivity contribution is 1.16. The average Bonchev–Trinajstić information content (AvgIpc) is 2.01. The number of hydrogen-bond acceptors (Lipinski definition) is 0. The van der Waals surface area contributed by atoms with E-state index in [1.54, 1.807) is 0 Å². The van der Waals surface area contributed by atoms with Gasteiger partial charge in [-0.15, -0.1) is 0 Å². The molecule has 0 nitrogen and oxygen atoms in total. The summed E-state index contributed by atoms with van der Waals surface area (Å²) in [7, 11) is 0. The molecular formula is C10H15Cl. The molecule has 0 saturated carbocycles. The molecule has 62 valence electrons. The zero-order chi connectivity index (χ0) is 8.69. The zero-order valence-corrected chi connectivity index (χ0v) is 7.99. The molecule has 0 aliphatic heterocycles. The highest BCUT2D eigenvalue weighted by Crippen LogP contribution is 2.07. The van der Waals surface area contributed by atoms with Gasteiger partial charge in [-0.25, -0.2) is 0 Å². The highest BCUT2D eigenvalue weighted by molar-refractivity contribution is 6.31. The van der Waals surface area contributed by atoms with Crippen molar-refractivity contribution in [1.82, 2.24) is 0 Å². The number of halogens is 1. The Labute approximate surface area is 74.3 Å². The van der Waals surface area contributed by atoms with Gasteiger partial charge in [0.25, 0.3) is 0 Å².